The second kappa shape index (κ2) is 8.40. The lowest BCUT2D eigenvalue weighted by atomic mass is 9.96. The number of likely N-dealkylation sites (tertiary alicyclic amines) is 1. The molecule has 1 N–H and O–H groups in total. The van der Waals surface area contributed by atoms with Crippen LogP contribution in [0.2, 0.25) is 5.15 Å². The Kier molecular flexibility index (Phi) is 6.11. The van der Waals surface area contributed by atoms with Gasteiger partial charge in [-0.3, -0.25) is 4.79 Å². The fourth-order valence-corrected chi connectivity index (χ4v) is 3.41. The van der Waals surface area contributed by atoms with Crippen molar-refractivity contribution in [3.8, 4) is 5.88 Å². The van der Waals surface area contributed by atoms with Crippen LogP contribution >= 0.6 is 11.6 Å². The van der Waals surface area contributed by atoms with Crippen molar-refractivity contribution in [2.24, 2.45) is 0 Å². The van der Waals surface area contributed by atoms with E-state index in [1.807, 2.05) is 6.92 Å². The first-order valence-corrected chi connectivity index (χ1v) is 9.25. The summed E-state index contributed by atoms with van der Waals surface area (Å²) in [6.07, 6.45) is -1.62. The molecule has 1 aliphatic heterocycles. The molecule has 7 nitrogen and oxygen atoms in total. The lowest BCUT2D eigenvalue weighted by Gasteiger charge is -2.39. The topological polar surface area (TPSA) is 80.2 Å². The normalized spacial score (nSPS) is 19.7. The molecular formula is C18H19ClF3N5O2. The molecule has 3 heterocycles. The maximum Gasteiger partial charge on any atom is 0.419 e. The third kappa shape index (κ3) is 4.69. The zero-order valence-electron chi connectivity index (χ0n) is 15.7. The summed E-state index contributed by atoms with van der Waals surface area (Å²) in [7, 11) is 1.45. The summed E-state index contributed by atoms with van der Waals surface area (Å²) < 4.78 is 43.0. The Hall–Kier alpha value is -2.62. The number of carbonyl (C=O) groups excluding carboxylic acids is 1. The molecule has 0 spiro atoms. The van der Waals surface area contributed by atoms with Gasteiger partial charge in [0.1, 0.15) is 5.15 Å². The van der Waals surface area contributed by atoms with E-state index >= 15 is 0 Å². The Morgan fingerprint density at radius 1 is 1.31 bits per heavy atom. The summed E-state index contributed by atoms with van der Waals surface area (Å²) in [4.78, 5) is 26.1. The Morgan fingerprint density at radius 2 is 2.00 bits per heavy atom. The average Bonchev–Trinajstić information content (AvgIpc) is 2.68. The van der Waals surface area contributed by atoms with E-state index in [-0.39, 0.29) is 34.7 Å². The van der Waals surface area contributed by atoms with Gasteiger partial charge in [0.15, 0.2) is 0 Å². The molecule has 1 fully saturated rings. The third-order valence-corrected chi connectivity index (χ3v) is 5.09. The van der Waals surface area contributed by atoms with E-state index in [0.717, 1.165) is 12.4 Å². The number of pyridine rings is 1. The summed E-state index contributed by atoms with van der Waals surface area (Å²) in [5.41, 5.74) is -0.663. The first-order chi connectivity index (χ1) is 13.7. The van der Waals surface area contributed by atoms with Crippen molar-refractivity contribution in [2.45, 2.75) is 38.0 Å². The minimum atomic E-state index is -4.49. The number of nitrogens with one attached hydrogen (secondary N) is 1. The fourth-order valence-electron chi connectivity index (χ4n) is 3.18. The maximum absolute atomic E-state index is 13.0. The van der Waals surface area contributed by atoms with Crippen LogP contribution in [0.15, 0.2) is 24.5 Å². The summed E-state index contributed by atoms with van der Waals surface area (Å²) in [5.74, 6) is 0.100. The van der Waals surface area contributed by atoms with Gasteiger partial charge in [-0.25, -0.2) is 15.0 Å². The molecule has 0 saturated carbocycles. The molecule has 2 aromatic rings. The minimum absolute atomic E-state index is 0.0442. The molecule has 2 atom stereocenters. The van der Waals surface area contributed by atoms with Crippen LogP contribution < -0.4 is 10.1 Å². The number of alkyl halides is 3. The molecule has 1 aliphatic rings. The van der Waals surface area contributed by atoms with Gasteiger partial charge in [0, 0.05) is 37.1 Å². The smallest absolute Gasteiger partial charge is 0.419 e. The largest absolute Gasteiger partial charge is 0.481 e. The molecule has 1 saturated heterocycles. The first-order valence-electron chi connectivity index (χ1n) is 8.88. The van der Waals surface area contributed by atoms with Crippen LogP contribution in [0.25, 0.3) is 0 Å². The van der Waals surface area contributed by atoms with Gasteiger partial charge in [0.2, 0.25) is 11.8 Å². The Labute approximate surface area is 170 Å². The Morgan fingerprint density at radius 3 is 2.59 bits per heavy atom. The van der Waals surface area contributed by atoms with Gasteiger partial charge in [0.25, 0.3) is 5.91 Å². The molecule has 0 radical (unpaired) electrons. The number of anilines is 1. The average molecular weight is 430 g/mol. The van der Waals surface area contributed by atoms with E-state index in [2.05, 4.69) is 20.3 Å². The first kappa shape index (κ1) is 21.1. The molecule has 1 amide bonds. The van der Waals surface area contributed by atoms with Gasteiger partial charge in [-0.05, 0) is 25.8 Å². The maximum atomic E-state index is 13.0. The Balaban J connectivity index is 1.73. The van der Waals surface area contributed by atoms with E-state index in [9.17, 15) is 18.0 Å². The van der Waals surface area contributed by atoms with E-state index in [4.69, 9.17) is 16.3 Å². The number of carbonyl (C=O) groups is 1. The highest BCUT2D eigenvalue weighted by molar-refractivity contribution is 6.32. The molecule has 11 heteroatoms. The van der Waals surface area contributed by atoms with Crippen molar-refractivity contribution >= 4 is 23.5 Å². The third-order valence-electron chi connectivity index (χ3n) is 4.81. The predicted octanol–water partition coefficient (Wildman–Crippen LogP) is 3.66. The van der Waals surface area contributed by atoms with E-state index in [1.165, 1.54) is 7.11 Å². The number of hydrogen-bond donors (Lipinski definition) is 1. The van der Waals surface area contributed by atoms with Gasteiger partial charge in [-0.2, -0.15) is 13.2 Å². The quantitative estimate of drug-likeness (QED) is 0.747. The summed E-state index contributed by atoms with van der Waals surface area (Å²) in [5, 5.41) is 3.07. The van der Waals surface area contributed by atoms with Crippen molar-refractivity contribution in [2.75, 3.05) is 19.0 Å². The van der Waals surface area contributed by atoms with E-state index in [0.29, 0.717) is 25.3 Å². The summed E-state index contributed by atoms with van der Waals surface area (Å²) in [6, 6.07) is 2.62. The van der Waals surface area contributed by atoms with Gasteiger partial charge in [-0.15, -0.1) is 0 Å². The van der Waals surface area contributed by atoms with Crippen LogP contribution in [-0.4, -0.2) is 51.5 Å². The number of hydrogen-bond acceptors (Lipinski definition) is 6. The lowest BCUT2D eigenvalue weighted by Crippen LogP contribution is -2.52. The molecular weight excluding hydrogens is 411 g/mol. The van der Waals surface area contributed by atoms with Crippen molar-refractivity contribution in [1.29, 1.82) is 0 Å². The number of aromatic nitrogens is 3. The summed E-state index contributed by atoms with van der Waals surface area (Å²) in [6.45, 7) is 2.37. The van der Waals surface area contributed by atoms with Crippen molar-refractivity contribution in [3.05, 3.63) is 40.8 Å². The highest BCUT2D eigenvalue weighted by atomic mass is 35.5. The van der Waals surface area contributed by atoms with Crippen LogP contribution in [0.1, 0.15) is 35.7 Å². The second-order valence-electron chi connectivity index (χ2n) is 6.62. The predicted molar refractivity (Wildman–Crippen MR) is 100.0 cm³/mol. The summed E-state index contributed by atoms with van der Waals surface area (Å²) >= 11 is 6.12. The zero-order valence-corrected chi connectivity index (χ0v) is 16.5. The number of ether oxygens (including phenoxy) is 1. The number of rotatable bonds is 4. The van der Waals surface area contributed by atoms with Gasteiger partial charge in [0.05, 0.1) is 18.2 Å². The number of nitrogens with zero attached hydrogens (tertiary/aromatic N) is 4. The Bertz CT molecular complexity index is 879. The number of piperidine rings is 1. The van der Waals surface area contributed by atoms with Crippen LogP contribution in [0.5, 0.6) is 5.88 Å². The molecule has 2 aromatic heterocycles. The van der Waals surface area contributed by atoms with E-state index in [1.54, 1.807) is 17.0 Å². The molecule has 2 unspecified atom stereocenters. The zero-order chi connectivity index (χ0) is 21.2. The molecule has 3 rings (SSSR count). The van der Waals surface area contributed by atoms with Crippen LogP contribution in [0.4, 0.5) is 19.1 Å². The van der Waals surface area contributed by atoms with Gasteiger partial charge < -0.3 is 15.0 Å². The van der Waals surface area contributed by atoms with E-state index < -0.39 is 11.7 Å². The highest BCUT2D eigenvalue weighted by Crippen LogP contribution is 2.29. The minimum Gasteiger partial charge on any atom is -0.481 e. The fraction of sp³-hybridized carbons (Fsp3) is 0.444. The number of methoxy groups -OCH3 is 1. The SMILES string of the molecule is COc1ccc(C(=O)N2CCCC(Nc3ncc(C(F)(F)F)cn3)C2C)c(Cl)n1. The van der Waals surface area contributed by atoms with Crippen molar-refractivity contribution in [3.63, 3.8) is 0 Å². The van der Waals surface area contributed by atoms with Gasteiger partial charge >= 0.3 is 6.18 Å². The second-order valence-corrected chi connectivity index (χ2v) is 6.98. The number of halogens is 4. The standard InChI is InChI=1S/C18H19ClF3N5O2/c1-10-13(25-17-23-8-11(9-24-17)18(20,21)22)4-3-7-27(10)16(28)12-5-6-14(29-2)26-15(12)19/h5-6,8-10,13H,3-4,7H2,1-2H3,(H,23,24,25). The lowest BCUT2D eigenvalue weighted by molar-refractivity contribution is -0.138. The van der Waals surface area contributed by atoms with Crippen molar-refractivity contribution < 1.29 is 22.7 Å². The van der Waals surface area contributed by atoms with Crippen LogP contribution in [0.3, 0.4) is 0 Å². The molecule has 29 heavy (non-hydrogen) atoms. The highest BCUT2D eigenvalue weighted by Gasteiger charge is 2.34. The molecule has 156 valence electrons. The molecule has 0 bridgehead atoms. The number of amides is 1. The monoisotopic (exact) mass is 429 g/mol. The van der Waals surface area contributed by atoms with Crippen LogP contribution in [-0.2, 0) is 6.18 Å². The van der Waals surface area contributed by atoms with Crippen LogP contribution in [0, 0.1) is 0 Å². The molecule has 0 aliphatic carbocycles. The van der Waals surface area contributed by atoms with Gasteiger partial charge in [-0.1, -0.05) is 11.6 Å². The molecule has 0 aromatic carbocycles. The van der Waals surface area contributed by atoms with Crippen molar-refractivity contribution in [1.82, 2.24) is 19.9 Å².